The highest BCUT2D eigenvalue weighted by Crippen LogP contribution is 2.45. The van der Waals surface area contributed by atoms with Crippen LogP contribution in [0.25, 0.3) is 0 Å². The van der Waals surface area contributed by atoms with Gasteiger partial charge in [-0.1, -0.05) is 37.1 Å². The lowest BCUT2D eigenvalue weighted by Crippen LogP contribution is -2.42. The number of benzene rings is 1. The molecule has 1 unspecified atom stereocenters. The number of aliphatic imine (C=N–C) groups is 1. The van der Waals surface area contributed by atoms with Crippen molar-refractivity contribution in [3.63, 3.8) is 0 Å². The van der Waals surface area contributed by atoms with E-state index in [4.69, 9.17) is 4.99 Å². The summed E-state index contributed by atoms with van der Waals surface area (Å²) in [5.41, 5.74) is 3.39. The van der Waals surface area contributed by atoms with Crippen LogP contribution >= 0.6 is 0 Å². The van der Waals surface area contributed by atoms with E-state index in [1.54, 1.807) is 0 Å². The van der Waals surface area contributed by atoms with Crippen molar-refractivity contribution in [2.75, 3.05) is 39.3 Å². The van der Waals surface area contributed by atoms with Crippen molar-refractivity contribution in [2.45, 2.75) is 58.1 Å². The second kappa shape index (κ2) is 8.83. The van der Waals surface area contributed by atoms with E-state index >= 15 is 0 Å². The summed E-state index contributed by atoms with van der Waals surface area (Å²) in [6.45, 7) is 8.37. The third-order valence-electron chi connectivity index (χ3n) is 6.87. The fraction of sp³-hybridized carbons (Fsp3) is 0.696. The standard InChI is InChI=1S/C23H36N4O/c1-2-24-22(27-14-12-23(18-27)10-5-6-11-23)25-15-21(28)17-26-13-9-19-7-3-4-8-20(19)16-26/h3-4,7-8,21,28H,2,5-6,9-18H2,1H3,(H,24,25). The Morgan fingerprint density at radius 2 is 1.96 bits per heavy atom. The second-order valence-electron chi connectivity index (χ2n) is 8.98. The van der Waals surface area contributed by atoms with Gasteiger partial charge in [-0.2, -0.15) is 0 Å². The maximum Gasteiger partial charge on any atom is 0.194 e. The van der Waals surface area contributed by atoms with Crippen molar-refractivity contribution < 1.29 is 5.11 Å². The molecular formula is C23H36N4O. The molecule has 1 spiro atoms. The number of rotatable bonds is 5. The summed E-state index contributed by atoms with van der Waals surface area (Å²) in [6.07, 6.45) is 7.49. The summed E-state index contributed by atoms with van der Waals surface area (Å²) in [6, 6.07) is 8.66. The molecule has 0 aromatic heterocycles. The van der Waals surface area contributed by atoms with Gasteiger partial charge in [0.2, 0.25) is 0 Å². The Bertz CT molecular complexity index is 683. The predicted molar refractivity (Wildman–Crippen MR) is 114 cm³/mol. The number of hydrogen-bond donors (Lipinski definition) is 2. The molecule has 1 saturated carbocycles. The van der Waals surface area contributed by atoms with Crippen LogP contribution in [0.5, 0.6) is 0 Å². The third kappa shape index (κ3) is 4.52. The number of β-amino-alcohol motifs (C(OH)–C–C–N with tert-alkyl or cyclic N) is 1. The van der Waals surface area contributed by atoms with Crippen LogP contribution in [0, 0.1) is 5.41 Å². The summed E-state index contributed by atoms with van der Waals surface area (Å²) >= 11 is 0. The number of aliphatic hydroxyl groups excluding tert-OH is 1. The average Bonchev–Trinajstić information content (AvgIpc) is 3.35. The highest BCUT2D eigenvalue weighted by atomic mass is 16.3. The van der Waals surface area contributed by atoms with Gasteiger partial charge in [-0.25, -0.2) is 0 Å². The number of guanidine groups is 1. The molecule has 1 atom stereocenters. The van der Waals surface area contributed by atoms with Crippen molar-refractivity contribution in [3.05, 3.63) is 35.4 Å². The molecule has 2 N–H and O–H groups in total. The zero-order valence-electron chi connectivity index (χ0n) is 17.4. The van der Waals surface area contributed by atoms with E-state index in [9.17, 15) is 5.11 Å². The van der Waals surface area contributed by atoms with Gasteiger partial charge in [0.1, 0.15) is 0 Å². The molecule has 0 bridgehead atoms. The quantitative estimate of drug-likeness (QED) is 0.605. The van der Waals surface area contributed by atoms with Gasteiger partial charge in [0.05, 0.1) is 12.6 Å². The highest BCUT2D eigenvalue weighted by Gasteiger charge is 2.41. The molecule has 28 heavy (non-hydrogen) atoms. The minimum atomic E-state index is -0.415. The van der Waals surface area contributed by atoms with Gasteiger partial charge in [0.15, 0.2) is 5.96 Å². The van der Waals surface area contributed by atoms with Crippen LogP contribution in [0.1, 0.15) is 50.2 Å². The summed E-state index contributed by atoms with van der Waals surface area (Å²) in [5.74, 6) is 0.995. The number of fused-ring (bicyclic) bond motifs is 1. The van der Waals surface area contributed by atoms with E-state index in [1.807, 2.05) is 0 Å². The van der Waals surface area contributed by atoms with Crippen LogP contribution in [0.2, 0.25) is 0 Å². The number of likely N-dealkylation sites (tertiary alicyclic amines) is 1. The van der Waals surface area contributed by atoms with Gasteiger partial charge in [-0.3, -0.25) is 9.89 Å². The first kappa shape index (κ1) is 19.7. The smallest absolute Gasteiger partial charge is 0.194 e. The molecular weight excluding hydrogens is 348 g/mol. The van der Waals surface area contributed by atoms with Crippen LogP contribution in [0.15, 0.2) is 29.3 Å². The largest absolute Gasteiger partial charge is 0.390 e. The summed E-state index contributed by atoms with van der Waals surface area (Å²) in [4.78, 5) is 9.60. The molecule has 5 heteroatoms. The van der Waals surface area contributed by atoms with Crippen molar-refractivity contribution in [1.29, 1.82) is 0 Å². The molecule has 4 rings (SSSR count). The van der Waals surface area contributed by atoms with Crippen molar-refractivity contribution in [3.8, 4) is 0 Å². The zero-order chi connectivity index (χ0) is 19.4. The summed E-state index contributed by atoms with van der Waals surface area (Å²) in [5, 5.41) is 14.1. The van der Waals surface area contributed by atoms with Crippen LogP contribution in [0.3, 0.4) is 0 Å². The van der Waals surface area contributed by atoms with Gasteiger partial charge in [0, 0.05) is 39.3 Å². The number of hydrogen-bond acceptors (Lipinski definition) is 3. The maximum absolute atomic E-state index is 10.6. The molecule has 3 aliphatic rings. The van der Waals surface area contributed by atoms with Gasteiger partial charge in [-0.05, 0) is 49.1 Å². The van der Waals surface area contributed by atoms with Gasteiger partial charge >= 0.3 is 0 Å². The van der Waals surface area contributed by atoms with Crippen LogP contribution in [0.4, 0.5) is 0 Å². The minimum Gasteiger partial charge on any atom is -0.390 e. The fourth-order valence-corrected chi connectivity index (χ4v) is 5.33. The van der Waals surface area contributed by atoms with Crippen molar-refractivity contribution in [2.24, 2.45) is 10.4 Å². The van der Waals surface area contributed by atoms with E-state index in [0.717, 1.165) is 45.1 Å². The molecule has 1 aromatic rings. The zero-order valence-corrected chi connectivity index (χ0v) is 17.4. The Morgan fingerprint density at radius 1 is 1.18 bits per heavy atom. The number of nitrogens with one attached hydrogen (secondary N) is 1. The highest BCUT2D eigenvalue weighted by molar-refractivity contribution is 5.80. The lowest BCUT2D eigenvalue weighted by molar-refractivity contribution is 0.111. The van der Waals surface area contributed by atoms with E-state index < -0.39 is 6.10 Å². The number of aliphatic hydroxyl groups is 1. The lowest BCUT2D eigenvalue weighted by Gasteiger charge is -2.30. The molecule has 0 radical (unpaired) electrons. The normalized spacial score (nSPS) is 23.2. The Labute approximate surface area is 169 Å². The lowest BCUT2D eigenvalue weighted by atomic mass is 9.86. The second-order valence-corrected chi connectivity index (χ2v) is 8.98. The Morgan fingerprint density at radius 3 is 2.75 bits per heavy atom. The molecule has 2 fully saturated rings. The number of nitrogens with zero attached hydrogens (tertiary/aromatic N) is 3. The van der Waals surface area contributed by atoms with Gasteiger partial charge in [-0.15, -0.1) is 0 Å². The van der Waals surface area contributed by atoms with E-state index in [-0.39, 0.29) is 0 Å². The topological polar surface area (TPSA) is 51.1 Å². The molecule has 1 aliphatic carbocycles. The first-order valence-corrected chi connectivity index (χ1v) is 11.2. The molecule has 1 aromatic carbocycles. The van der Waals surface area contributed by atoms with Crippen LogP contribution in [-0.2, 0) is 13.0 Å². The van der Waals surface area contributed by atoms with Crippen LogP contribution in [-0.4, -0.2) is 66.2 Å². The van der Waals surface area contributed by atoms with E-state index in [2.05, 4.69) is 46.3 Å². The van der Waals surface area contributed by atoms with E-state index in [1.165, 1.54) is 43.2 Å². The molecule has 2 heterocycles. The predicted octanol–water partition coefficient (Wildman–Crippen LogP) is 2.64. The molecule has 2 aliphatic heterocycles. The third-order valence-corrected chi connectivity index (χ3v) is 6.87. The Kier molecular flexibility index (Phi) is 6.22. The van der Waals surface area contributed by atoms with Crippen molar-refractivity contribution >= 4 is 5.96 Å². The molecule has 154 valence electrons. The Hall–Kier alpha value is -1.59. The summed E-state index contributed by atoms with van der Waals surface area (Å²) in [7, 11) is 0. The monoisotopic (exact) mass is 384 g/mol. The first-order chi connectivity index (χ1) is 13.7. The maximum atomic E-state index is 10.6. The SMILES string of the molecule is CCNC(=NCC(O)CN1CCc2ccccc2C1)N1CCC2(CCCC2)C1. The van der Waals surface area contributed by atoms with Crippen LogP contribution < -0.4 is 5.32 Å². The summed E-state index contributed by atoms with van der Waals surface area (Å²) < 4.78 is 0. The molecule has 5 nitrogen and oxygen atoms in total. The van der Waals surface area contributed by atoms with Crippen molar-refractivity contribution in [1.82, 2.24) is 15.1 Å². The fourth-order valence-electron chi connectivity index (χ4n) is 5.33. The molecule has 0 amide bonds. The average molecular weight is 385 g/mol. The molecule has 1 saturated heterocycles. The first-order valence-electron chi connectivity index (χ1n) is 11.2. The van der Waals surface area contributed by atoms with Gasteiger partial charge in [0.25, 0.3) is 0 Å². The minimum absolute atomic E-state index is 0.415. The van der Waals surface area contributed by atoms with Gasteiger partial charge < -0.3 is 15.3 Å². The van der Waals surface area contributed by atoms with E-state index in [0.29, 0.717) is 18.5 Å². The Balaban J connectivity index is 1.31.